The lowest BCUT2D eigenvalue weighted by Gasteiger charge is -2.10. The van der Waals surface area contributed by atoms with Crippen molar-refractivity contribution in [1.29, 1.82) is 5.26 Å². The minimum Gasteiger partial charge on any atom is -0.301 e. The molecule has 0 aliphatic heterocycles. The van der Waals surface area contributed by atoms with Crippen molar-refractivity contribution in [1.82, 2.24) is 14.8 Å². The van der Waals surface area contributed by atoms with Crippen LogP contribution in [0, 0.1) is 11.3 Å². The fourth-order valence-electron chi connectivity index (χ4n) is 2.13. The van der Waals surface area contributed by atoms with E-state index in [1.165, 1.54) is 30.2 Å². The Balaban J connectivity index is 1.89. The van der Waals surface area contributed by atoms with Gasteiger partial charge in [0.25, 0.3) is 0 Å². The van der Waals surface area contributed by atoms with Crippen LogP contribution in [0.4, 0.5) is 0 Å². The molecule has 3 rings (SSSR count). The quantitative estimate of drug-likeness (QED) is 0.791. The first kappa shape index (κ1) is 13.2. The van der Waals surface area contributed by atoms with Crippen LogP contribution >= 0.6 is 11.8 Å². The van der Waals surface area contributed by atoms with E-state index in [-0.39, 0.29) is 5.25 Å². The number of benzene rings is 1. The number of thioether (sulfide) groups is 1. The Labute approximate surface area is 122 Å². The molecule has 0 bridgehead atoms. The summed E-state index contributed by atoms with van der Waals surface area (Å²) in [6.45, 7) is 2.67. The van der Waals surface area contributed by atoms with E-state index in [0.29, 0.717) is 5.92 Å². The summed E-state index contributed by atoms with van der Waals surface area (Å²) in [7, 11) is 0. The van der Waals surface area contributed by atoms with E-state index < -0.39 is 0 Å². The highest BCUT2D eigenvalue weighted by atomic mass is 32.2. The molecule has 4 nitrogen and oxygen atoms in total. The summed E-state index contributed by atoms with van der Waals surface area (Å²) < 4.78 is 2.17. The van der Waals surface area contributed by atoms with Crippen LogP contribution in [-0.2, 0) is 6.54 Å². The molecule has 0 spiro atoms. The van der Waals surface area contributed by atoms with Crippen molar-refractivity contribution in [3.05, 3.63) is 41.7 Å². The Kier molecular flexibility index (Phi) is 3.75. The highest BCUT2D eigenvalue weighted by molar-refractivity contribution is 8.00. The van der Waals surface area contributed by atoms with Gasteiger partial charge < -0.3 is 4.57 Å². The second-order valence-corrected chi connectivity index (χ2v) is 6.38. The van der Waals surface area contributed by atoms with Crippen molar-refractivity contribution in [3.63, 3.8) is 0 Å². The summed E-state index contributed by atoms with van der Waals surface area (Å²) in [5.41, 5.74) is 1.24. The summed E-state index contributed by atoms with van der Waals surface area (Å²) in [6.07, 6.45) is 2.40. The summed E-state index contributed by atoms with van der Waals surface area (Å²) in [6, 6.07) is 12.6. The van der Waals surface area contributed by atoms with Crippen molar-refractivity contribution in [2.24, 2.45) is 0 Å². The lowest BCUT2D eigenvalue weighted by Crippen LogP contribution is -2.07. The van der Waals surface area contributed by atoms with E-state index in [1.54, 1.807) is 0 Å². The summed E-state index contributed by atoms with van der Waals surface area (Å²) in [4.78, 5) is 0. The van der Waals surface area contributed by atoms with Gasteiger partial charge in [0.05, 0.1) is 17.9 Å². The third-order valence-electron chi connectivity index (χ3n) is 3.34. The minimum absolute atomic E-state index is 0.110. The molecule has 0 saturated heterocycles. The molecule has 1 aliphatic carbocycles. The fourth-order valence-corrected chi connectivity index (χ4v) is 2.87. The van der Waals surface area contributed by atoms with Gasteiger partial charge >= 0.3 is 0 Å². The van der Waals surface area contributed by atoms with Gasteiger partial charge in [-0.05, 0) is 25.3 Å². The van der Waals surface area contributed by atoms with Gasteiger partial charge in [0.15, 0.2) is 5.16 Å². The average Bonchev–Trinajstić information content (AvgIpc) is 3.25. The van der Waals surface area contributed by atoms with Crippen LogP contribution in [0.2, 0.25) is 0 Å². The molecule has 20 heavy (non-hydrogen) atoms. The maximum absolute atomic E-state index is 8.98. The number of hydrogen-bond acceptors (Lipinski definition) is 4. The van der Waals surface area contributed by atoms with E-state index in [4.69, 9.17) is 5.26 Å². The summed E-state index contributed by atoms with van der Waals surface area (Å²) in [5, 5.41) is 18.3. The number of rotatable bonds is 5. The lowest BCUT2D eigenvalue weighted by molar-refractivity contribution is 0.667. The molecule has 1 fully saturated rings. The fraction of sp³-hybridized carbons (Fsp3) is 0.400. The van der Waals surface area contributed by atoms with E-state index in [0.717, 1.165) is 17.5 Å². The molecule has 1 saturated carbocycles. The molecule has 1 unspecified atom stereocenters. The molecule has 1 aromatic heterocycles. The van der Waals surface area contributed by atoms with E-state index >= 15 is 0 Å². The van der Waals surface area contributed by atoms with Gasteiger partial charge in [0.1, 0.15) is 5.82 Å². The molecule has 1 atom stereocenters. The minimum atomic E-state index is -0.110. The molecule has 102 valence electrons. The number of nitrogens with zero attached hydrogens (tertiary/aromatic N) is 4. The third kappa shape index (κ3) is 2.86. The first-order chi connectivity index (χ1) is 9.78. The second-order valence-electron chi connectivity index (χ2n) is 5.08. The Bertz CT molecular complexity index is 625. The lowest BCUT2D eigenvalue weighted by atomic mass is 10.2. The van der Waals surface area contributed by atoms with Crippen molar-refractivity contribution in [2.75, 3.05) is 0 Å². The van der Waals surface area contributed by atoms with Gasteiger partial charge in [-0.15, -0.1) is 10.2 Å². The molecule has 1 heterocycles. The normalized spacial score (nSPS) is 15.8. The van der Waals surface area contributed by atoms with Crippen molar-refractivity contribution in [2.45, 2.75) is 42.6 Å². The van der Waals surface area contributed by atoms with Gasteiger partial charge in [-0.2, -0.15) is 5.26 Å². The molecule has 1 aromatic carbocycles. The summed E-state index contributed by atoms with van der Waals surface area (Å²) >= 11 is 1.48. The molecule has 2 aromatic rings. The van der Waals surface area contributed by atoms with Gasteiger partial charge in [-0.1, -0.05) is 42.1 Å². The van der Waals surface area contributed by atoms with Crippen LogP contribution in [0.5, 0.6) is 0 Å². The van der Waals surface area contributed by atoms with E-state index in [9.17, 15) is 0 Å². The van der Waals surface area contributed by atoms with Crippen LogP contribution in [0.15, 0.2) is 35.5 Å². The van der Waals surface area contributed by atoms with Crippen LogP contribution < -0.4 is 0 Å². The first-order valence-corrected chi connectivity index (χ1v) is 7.69. The molecule has 5 heteroatoms. The van der Waals surface area contributed by atoms with Crippen LogP contribution in [0.25, 0.3) is 0 Å². The molecular weight excluding hydrogens is 268 g/mol. The Morgan fingerprint density at radius 1 is 1.35 bits per heavy atom. The smallest absolute Gasteiger partial charge is 0.192 e. The molecular formula is C15H16N4S. The molecule has 0 radical (unpaired) electrons. The van der Waals surface area contributed by atoms with Crippen LogP contribution in [0.1, 0.15) is 37.1 Å². The predicted octanol–water partition coefficient (Wildman–Crippen LogP) is 3.21. The van der Waals surface area contributed by atoms with E-state index in [2.05, 4.69) is 33.0 Å². The molecule has 0 N–H and O–H groups in total. The number of aromatic nitrogens is 3. The predicted molar refractivity (Wildman–Crippen MR) is 78.5 cm³/mol. The third-order valence-corrected chi connectivity index (χ3v) is 4.31. The van der Waals surface area contributed by atoms with Crippen LogP contribution in [-0.4, -0.2) is 20.0 Å². The average molecular weight is 284 g/mol. The molecule has 1 aliphatic rings. The van der Waals surface area contributed by atoms with E-state index in [1.807, 2.05) is 25.1 Å². The zero-order chi connectivity index (χ0) is 13.9. The van der Waals surface area contributed by atoms with Crippen molar-refractivity contribution < 1.29 is 0 Å². The Morgan fingerprint density at radius 2 is 2.10 bits per heavy atom. The standard InChI is InChI=1S/C15H16N4S/c1-11(9-16)20-15-18-17-14(13-7-8-13)19(15)10-12-5-3-2-4-6-12/h2-6,11,13H,7-8,10H2,1H3. The monoisotopic (exact) mass is 284 g/mol. The zero-order valence-electron chi connectivity index (χ0n) is 11.4. The van der Waals surface area contributed by atoms with Gasteiger partial charge in [0.2, 0.25) is 0 Å². The van der Waals surface area contributed by atoms with Crippen molar-refractivity contribution in [3.8, 4) is 6.07 Å². The maximum Gasteiger partial charge on any atom is 0.192 e. The number of hydrogen-bond donors (Lipinski definition) is 0. The largest absolute Gasteiger partial charge is 0.301 e. The van der Waals surface area contributed by atoms with Gasteiger partial charge in [-0.3, -0.25) is 0 Å². The second kappa shape index (κ2) is 5.68. The molecule has 0 amide bonds. The van der Waals surface area contributed by atoms with Gasteiger partial charge in [0, 0.05) is 5.92 Å². The van der Waals surface area contributed by atoms with Crippen molar-refractivity contribution >= 4 is 11.8 Å². The highest BCUT2D eigenvalue weighted by Crippen LogP contribution is 2.40. The Morgan fingerprint density at radius 3 is 2.75 bits per heavy atom. The number of nitriles is 1. The van der Waals surface area contributed by atoms with Crippen LogP contribution in [0.3, 0.4) is 0 Å². The Hall–Kier alpha value is -1.80. The summed E-state index contributed by atoms with van der Waals surface area (Å²) in [5.74, 6) is 1.62. The topological polar surface area (TPSA) is 54.5 Å². The zero-order valence-corrected chi connectivity index (χ0v) is 12.2. The first-order valence-electron chi connectivity index (χ1n) is 6.81. The SMILES string of the molecule is CC(C#N)Sc1nnc(C2CC2)n1Cc1ccccc1. The van der Waals surface area contributed by atoms with Gasteiger partial charge in [-0.25, -0.2) is 0 Å². The maximum atomic E-state index is 8.98. The highest BCUT2D eigenvalue weighted by Gasteiger charge is 2.30.